The molecule has 5 nitrogen and oxygen atoms in total. The molecule has 0 spiro atoms. The Hall–Kier alpha value is -2.31. The van der Waals surface area contributed by atoms with E-state index in [2.05, 4.69) is 36.9 Å². The molecule has 6 heteroatoms. The number of quaternary nitrogens is 1. The fraction of sp³-hybridized carbons (Fsp3) is 0.350. The number of rotatable bonds is 8. The third kappa shape index (κ3) is 5.89. The molecular weight excluding hydrogens is 346 g/mol. The van der Waals surface area contributed by atoms with E-state index in [9.17, 15) is 0 Å². The van der Waals surface area contributed by atoms with Crippen LogP contribution in [0, 0.1) is 0 Å². The van der Waals surface area contributed by atoms with Crippen LogP contribution in [0.4, 0.5) is 0 Å². The van der Waals surface area contributed by atoms with Crippen LogP contribution in [0.25, 0.3) is 0 Å². The predicted octanol–water partition coefficient (Wildman–Crippen LogP) is 1.55. The lowest BCUT2D eigenvalue weighted by Crippen LogP contribution is -3.07. The Morgan fingerprint density at radius 3 is 2.31 bits per heavy atom. The molecule has 0 radical (unpaired) electrons. The number of methoxy groups -OCH3 is 2. The van der Waals surface area contributed by atoms with Gasteiger partial charge >= 0.3 is 0 Å². The molecule has 0 aliphatic rings. The molecule has 1 atom stereocenters. The number of nitrogens with one attached hydrogen (secondary N) is 3. The molecule has 0 saturated carbocycles. The zero-order valence-electron chi connectivity index (χ0n) is 15.8. The van der Waals surface area contributed by atoms with Gasteiger partial charge in [0, 0.05) is 12.1 Å². The van der Waals surface area contributed by atoms with E-state index in [0.717, 1.165) is 23.6 Å². The van der Waals surface area contributed by atoms with Gasteiger partial charge in [-0.1, -0.05) is 24.3 Å². The summed E-state index contributed by atoms with van der Waals surface area (Å²) in [5.74, 6) is 1.72. The summed E-state index contributed by atoms with van der Waals surface area (Å²) in [6.45, 7) is 1.42. The predicted molar refractivity (Wildman–Crippen MR) is 109 cm³/mol. The Morgan fingerprint density at radius 2 is 1.69 bits per heavy atom. The van der Waals surface area contributed by atoms with Gasteiger partial charge < -0.3 is 25.0 Å². The fourth-order valence-corrected chi connectivity index (χ4v) is 2.85. The lowest BCUT2D eigenvalue weighted by molar-refractivity contribution is -0.890. The molecule has 0 unspecified atom stereocenters. The fourth-order valence-electron chi connectivity index (χ4n) is 2.70. The third-order valence-electron chi connectivity index (χ3n) is 4.27. The number of hydrogen-bond acceptors (Lipinski definition) is 3. The molecule has 3 N–H and O–H groups in total. The molecular formula is C20H28N3O2S+. The lowest BCUT2D eigenvalue weighted by Gasteiger charge is -2.23. The third-order valence-corrected chi connectivity index (χ3v) is 4.56. The van der Waals surface area contributed by atoms with Gasteiger partial charge in [0.05, 0.1) is 34.9 Å². The Balaban J connectivity index is 1.88. The summed E-state index contributed by atoms with van der Waals surface area (Å²) in [7, 11) is 7.63. The maximum absolute atomic E-state index is 5.42. The van der Waals surface area contributed by atoms with Crippen LogP contribution in [-0.4, -0.2) is 40.0 Å². The average Bonchev–Trinajstić information content (AvgIpc) is 2.66. The van der Waals surface area contributed by atoms with Gasteiger partial charge in [0.25, 0.3) is 0 Å². The SMILES string of the molecule is COc1ccc(CNC(=S)NC[C@@H](c2cccc(OC)c2)[NH+](C)C)cc1. The van der Waals surface area contributed by atoms with E-state index < -0.39 is 0 Å². The highest BCUT2D eigenvalue weighted by molar-refractivity contribution is 7.80. The highest BCUT2D eigenvalue weighted by atomic mass is 32.1. The van der Waals surface area contributed by atoms with Crippen LogP contribution >= 0.6 is 12.2 Å². The van der Waals surface area contributed by atoms with Crippen LogP contribution in [-0.2, 0) is 6.54 Å². The minimum Gasteiger partial charge on any atom is -0.497 e. The summed E-state index contributed by atoms with van der Waals surface area (Å²) >= 11 is 5.42. The van der Waals surface area contributed by atoms with E-state index in [1.165, 1.54) is 10.5 Å². The second-order valence-corrected chi connectivity index (χ2v) is 6.73. The Labute approximate surface area is 161 Å². The van der Waals surface area contributed by atoms with Gasteiger partial charge in [-0.15, -0.1) is 0 Å². The van der Waals surface area contributed by atoms with Crippen LogP contribution in [0.15, 0.2) is 48.5 Å². The Kier molecular flexibility index (Phi) is 7.69. The minimum absolute atomic E-state index is 0.269. The summed E-state index contributed by atoms with van der Waals surface area (Å²) in [5, 5.41) is 7.23. The molecule has 0 fully saturated rings. The summed E-state index contributed by atoms with van der Waals surface area (Å²) in [6.07, 6.45) is 0. The van der Waals surface area contributed by atoms with Crippen LogP contribution in [0.1, 0.15) is 17.2 Å². The molecule has 26 heavy (non-hydrogen) atoms. The smallest absolute Gasteiger partial charge is 0.166 e. The molecule has 0 amide bonds. The maximum Gasteiger partial charge on any atom is 0.166 e. The van der Waals surface area contributed by atoms with E-state index in [4.69, 9.17) is 21.7 Å². The topological polar surface area (TPSA) is 47.0 Å². The molecule has 0 aromatic heterocycles. The van der Waals surface area contributed by atoms with Crippen molar-refractivity contribution < 1.29 is 14.4 Å². The minimum atomic E-state index is 0.269. The van der Waals surface area contributed by atoms with Gasteiger partial charge in [-0.3, -0.25) is 0 Å². The van der Waals surface area contributed by atoms with Crippen molar-refractivity contribution in [3.8, 4) is 11.5 Å². The molecule has 0 aliphatic heterocycles. The molecule has 2 aromatic carbocycles. The van der Waals surface area contributed by atoms with Gasteiger partial charge in [-0.05, 0) is 42.0 Å². The van der Waals surface area contributed by atoms with E-state index >= 15 is 0 Å². The quantitative estimate of drug-likeness (QED) is 0.612. The van der Waals surface area contributed by atoms with Crippen molar-refractivity contribution >= 4 is 17.3 Å². The summed E-state index contributed by atoms with van der Waals surface area (Å²) in [4.78, 5) is 1.32. The summed E-state index contributed by atoms with van der Waals surface area (Å²) < 4.78 is 10.5. The van der Waals surface area contributed by atoms with E-state index in [0.29, 0.717) is 11.7 Å². The standard InChI is InChI=1S/C20H27N3O2S/c1-23(2)19(16-6-5-7-18(12-16)25-4)14-22-20(26)21-13-15-8-10-17(24-3)11-9-15/h5-12,19H,13-14H2,1-4H3,(H2,21,22,26)/p+1/t19-/m0/s1. The molecule has 140 valence electrons. The molecule has 0 heterocycles. The Bertz CT molecular complexity index is 704. The number of benzene rings is 2. The van der Waals surface area contributed by atoms with E-state index in [1.54, 1.807) is 14.2 Å². The molecule has 0 bridgehead atoms. The number of hydrogen-bond donors (Lipinski definition) is 3. The normalized spacial score (nSPS) is 11.7. The molecule has 0 aliphatic carbocycles. The number of thiocarbonyl (C=S) groups is 1. The number of ether oxygens (including phenoxy) is 2. The van der Waals surface area contributed by atoms with Crippen LogP contribution in [0.5, 0.6) is 11.5 Å². The van der Waals surface area contributed by atoms with Gasteiger partial charge in [0.15, 0.2) is 5.11 Å². The maximum atomic E-state index is 5.42. The number of likely N-dealkylation sites (N-methyl/N-ethyl adjacent to an activating group) is 1. The highest BCUT2D eigenvalue weighted by Crippen LogP contribution is 2.17. The zero-order chi connectivity index (χ0) is 18.9. The average molecular weight is 375 g/mol. The van der Waals surface area contributed by atoms with Crippen molar-refractivity contribution in [2.75, 3.05) is 34.9 Å². The van der Waals surface area contributed by atoms with Crippen LogP contribution in [0.2, 0.25) is 0 Å². The van der Waals surface area contributed by atoms with E-state index in [-0.39, 0.29) is 6.04 Å². The molecule has 2 rings (SSSR count). The molecule has 2 aromatic rings. The van der Waals surface area contributed by atoms with Gasteiger partial charge in [0.2, 0.25) is 0 Å². The van der Waals surface area contributed by atoms with Gasteiger partial charge in [0.1, 0.15) is 17.5 Å². The zero-order valence-corrected chi connectivity index (χ0v) is 16.7. The highest BCUT2D eigenvalue weighted by Gasteiger charge is 2.18. The van der Waals surface area contributed by atoms with Crippen molar-refractivity contribution in [1.82, 2.24) is 10.6 Å². The van der Waals surface area contributed by atoms with Crippen molar-refractivity contribution in [1.29, 1.82) is 0 Å². The first-order valence-corrected chi connectivity index (χ1v) is 9.03. The van der Waals surface area contributed by atoms with Crippen LogP contribution < -0.4 is 25.0 Å². The summed E-state index contributed by atoms with van der Waals surface area (Å²) in [5.41, 5.74) is 2.37. The van der Waals surface area contributed by atoms with Gasteiger partial charge in [-0.2, -0.15) is 0 Å². The second-order valence-electron chi connectivity index (χ2n) is 6.32. The van der Waals surface area contributed by atoms with Crippen LogP contribution in [0.3, 0.4) is 0 Å². The largest absolute Gasteiger partial charge is 0.497 e. The second kappa shape index (κ2) is 9.99. The first kappa shape index (κ1) is 20.0. The van der Waals surface area contributed by atoms with Gasteiger partial charge in [-0.25, -0.2) is 0 Å². The van der Waals surface area contributed by atoms with Crippen molar-refractivity contribution in [2.45, 2.75) is 12.6 Å². The Morgan fingerprint density at radius 1 is 1.00 bits per heavy atom. The monoisotopic (exact) mass is 374 g/mol. The van der Waals surface area contributed by atoms with Crippen molar-refractivity contribution in [3.05, 3.63) is 59.7 Å². The van der Waals surface area contributed by atoms with Crippen molar-refractivity contribution in [3.63, 3.8) is 0 Å². The first-order chi connectivity index (χ1) is 12.5. The van der Waals surface area contributed by atoms with Crippen molar-refractivity contribution in [2.24, 2.45) is 0 Å². The lowest BCUT2D eigenvalue weighted by atomic mass is 10.1. The molecule has 0 saturated heterocycles. The summed E-state index contributed by atoms with van der Waals surface area (Å²) in [6, 6.07) is 16.4. The first-order valence-electron chi connectivity index (χ1n) is 8.62. The van der Waals surface area contributed by atoms with E-state index in [1.807, 2.05) is 36.4 Å².